The van der Waals surface area contributed by atoms with E-state index in [0.717, 1.165) is 5.39 Å². The van der Waals surface area contributed by atoms with E-state index in [1.807, 2.05) is 23.6 Å². The number of nitrogens with zero attached hydrogens (tertiary/aromatic N) is 2. The van der Waals surface area contributed by atoms with Gasteiger partial charge in [-0.25, -0.2) is 4.39 Å². The molecule has 5 heteroatoms. The molecule has 1 aromatic carbocycles. The van der Waals surface area contributed by atoms with Crippen molar-refractivity contribution in [3.8, 4) is 6.07 Å². The van der Waals surface area contributed by atoms with Gasteiger partial charge in [-0.05, 0) is 37.3 Å². The van der Waals surface area contributed by atoms with Gasteiger partial charge in [-0.15, -0.1) is 0 Å². The highest BCUT2D eigenvalue weighted by Gasteiger charge is 2.15. The molecule has 3 rings (SSSR count). The Morgan fingerprint density at radius 2 is 2.19 bits per heavy atom. The van der Waals surface area contributed by atoms with Crippen molar-refractivity contribution < 1.29 is 13.9 Å². The van der Waals surface area contributed by atoms with Gasteiger partial charge in [-0.2, -0.15) is 5.26 Å². The average molecular weight is 284 g/mol. The fourth-order valence-corrected chi connectivity index (χ4v) is 2.37. The number of nitriles is 1. The van der Waals surface area contributed by atoms with E-state index in [0.29, 0.717) is 29.1 Å². The largest absolute Gasteiger partial charge is 0.454 e. The summed E-state index contributed by atoms with van der Waals surface area (Å²) < 4.78 is 25.9. The van der Waals surface area contributed by atoms with Crippen molar-refractivity contribution in [2.75, 3.05) is 6.79 Å². The molecule has 0 unspecified atom stereocenters. The number of rotatable bonds is 2. The zero-order chi connectivity index (χ0) is 14.8. The Hall–Kier alpha value is -2.74. The van der Waals surface area contributed by atoms with Gasteiger partial charge < -0.3 is 14.0 Å². The molecule has 1 aromatic heterocycles. The van der Waals surface area contributed by atoms with Crippen LogP contribution in [0.4, 0.5) is 4.39 Å². The second kappa shape index (κ2) is 5.33. The van der Waals surface area contributed by atoms with Gasteiger partial charge in [0.25, 0.3) is 0 Å². The van der Waals surface area contributed by atoms with Crippen LogP contribution in [0.25, 0.3) is 10.9 Å². The fraction of sp³-hybridized carbons (Fsp3) is 0.188. The van der Waals surface area contributed by atoms with Crippen molar-refractivity contribution in [2.24, 2.45) is 0 Å². The van der Waals surface area contributed by atoms with Crippen molar-refractivity contribution in [3.63, 3.8) is 0 Å². The Balaban J connectivity index is 2.00. The van der Waals surface area contributed by atoms with Crippen molar-refractivity contribution in [1.29, 1.82) is 5.26 Å². The van der Waals surface area contributed by atoms with Crippen molar-refractivity contribution >= 4 is 10.9 Å². The first-order valence-corrected chi connectivity index (χ1v) is 6.54. The molecule has 106 valence electrons. The molecule has 2 heterocycles. The van der Waals surface area contributed by atoms with E-state index in [4.69, 9.17) is 14.7 Å². The van der Waals surface area contributed by atoms with Gasteiger partial charge in [0.1, 0.15) is 11.9 Å². The molecule has 0 amide bonds. The van der Waals surface area contributed by atoms with E-state index in [2.05, 4.69) is 6.07 Å². The predicted octanol–water partition coefficient (Wildman–Crippen LogP) is 3.44. The van der Waals surface area contributed by atoms with E-state index in [9.17, 15) is 4.39 Å². The standard InChI is InChI=1S/C16H13FN2O2/c1-2-15-16(21-10-20-15)5-6-19-9-11(8-18)13-4-3-12(17)7-14(13)19/h2-5,7,9H,6,10H2,1H3/b15-2+,16-5+. The molecule has 0 bridgehead atoms. The fourth-order valence-electron chi connectivity index (χ4n) is 2.37. The summed E-state index contributed by atoms with van der Waals surface area (Å²) in [4.78, 5) is 0. The molecule has 0 aliphatic carbocycles. The maximum atomic E-state index is 13.4. The number of benzene rings is 1. The molecule has 0 saturated carbocycles. The van der Waals surface area contributed by atoms with Crippen LogP contribution >= 0.6 is 0 Å². The minimum atomic E-state index is -0.325. The van der Waals surface area contributed by atoms with Crippen LogP contribution in [-0.2, 0) is 16.0 Å². The van der Waals surface area contributed by atoms with Crippen LogP contribution in [0.15, 0.2) is 48.1 Å². The molecule has 0 N–H and O–H groups in total. The lowest BCUT2D eigenvalue weighted by molar-refractivity contribution is 0.0973. The highest BCUT2D eigenvalue weighted by Crippen LogP contribution is 2.24. The topological polar surface area (TPSA) is 47.2 Å². The Bertz CT molecular complexity index is 796. The van der Waals surface area contributed by atoms with Crippen LogP contribution < -0.4 is 0 Å². The van der Waals surface area contributed by atoms with Crippen LogP contribution in [0.2, 0.25) is 0 Å². The number of aromatic nitrogens is 1. The highest BCUT2D eigenvalue weighted by molar-refractivity contribution is 5.86. The van der Waals surface area contributed by atoms with Gasteiger partial charge in [-0.3, -0.25) is 0 Å². The lowest BCUT2D eigenvalue weighted by atomic mass is 10.2. The summed E-state index contributed by atoms with van der Waals surface area (Å²) in [5.74, 6) is 1.03. The van der Waals surface area contributed by atoms with E-state index in [1.165, 1.54) is 12.1 Å². The summed E-state index contributed by atoms with van der Waals surface area (Å²) in [5.41, 5.74) is 1.21. The van der Waals surface area contributed by atoms with Gasteiger partial charge >= 0.3 is 0 Å². The lowest BCUT2D eigenvalue weighted by Crippen LogP contribution is -1.95. The summed E-state index contributed by atoms with van der Waals surface area (Å²) in [6, 6.07) is 6.54. The number of ether oxygens (including phenoxy) is 2. The monoisotopic (exact) mass is 284 g/mol. The summed E-state index contributed by atoms with van der Waals surface area (Å²) in [7, 11) is 0. The van der Waals surface area contributed by atoms with Gasteiger partial charge in [0.05, 0.1) is 11.1 Å². The molecular weight excluding hydrogens is 271 g/mol. The summed E-state index contributed by atoms with van der Waals surface area (Å²) in [6.07, 6.45) is 5.40. The first-order chi connectivity index (χ1) is 10.2. The van der Waals surface area contributed by atoms with Crippen LogP contribution in [-0.4, -0.2) is 11.4 Å². The molecule has 1 fully saturated rings. The minimum Gasteiger partial charge on any atom is -0.454 e. The van der Waals surface area contributed by atoms with Crippen LogP contribution in [0.1, 0.15) is 12.5 Å². The third kappa shape index (κ3) is 2.36. The SMILES string of the molecule is C/C=C1/OCO/C1=C/Cn1cc(C#N)c2ccc(F)cc21. The van der Waals surface area contributed by atoms with Gasteiger partial charge in [-0.1, -0.05) is 0 Å². The van der Waals surface area contributed by atoms with Gasteiger partial charge in [0, 0.05) is 18.1 Å². The predicted molar refractivity (Wildman–Crippen MR) is 75.5 cm³/mol. The highest BCUT2D eigenvalue weighted by atomic mass is 19.1. The van der Waals surface area contributed by atoms with Crippen LogP contribution in [0, 0.1) is 17.1 Å². The van der Waals surface area contributed by atoms with Crippen molar-refractivity contribution in [2.45, 2.75) is 13.5 Å². The summed E-state index contributed by atoms with van der Waals surface area (Å²) >= 11 is 0. The Morgan fingerprint density at radius 1 is 1.38 bits per heavy atom. The molecule has 2 aromatic rings. The van der Waals surface area contributed by atoms with Crippen LogP contribution in [0.3, 0.4) is 0 Å². The van der Waals surface area contributed by atoms with E-state index in [1.54, 1.807) is 12.3 Å². The zero-order valence-electron chi connectivity index (χ0n) is 11.5. The molecule has 1 aliphatic heterocycles. The minimum absolute atomic E-state index is 0.204. The number of hydrogen-bond donors (Lipinski definition) is 0. The van der Waals surface area contributed by atoms with Crippen molar-refractivity contribution in [3.05, 3.63) is 59.4 Å². The van der Waals surface area contributed by atoms with Crippen molar-refractivity contribution in [1.82, 2.24) is 4.57 Å². The van der Waals surface area contributed by atoms with Gasteiger partial charge in [0.2, 0.25) is 6.79 Å². The van der Waals surface area contributed by atoms with E-state index < -0.39 is 0 Å². The molecule has 21 heavy (non-hydrogen) atoms. The van der Waals surface area contributed by atoms with Gasteiger partial charge in [0.15, 0.2) is 11.5 Å². The Kier molecular flexibility index (Phi) is 3.36. The second-order valence-corrected chi connectivity index (χ2v) is 4.60. The molecule has 0 radical (unpaired) electrons. The molecule has 4 nitrogen and oxygen atoms in total. The first kappa shape index (κ1) is 13.3. The molecule has 1 aliphatic rings. The average Bonchev–Trinajstić information content (AvgIpc) is 3.08. The maximum Gasteiger partial charge on any atom is 0.231 e. The second-order valence-electron chi connectivity index (χ2n) is 4.60. The number of fused-ring (bicyclic) bond motifs is 1. The Labute approximate surface area is 121 Å². The smallest absolute Gasteiger partial charge is 0.231 e. The third-order valence-corrected chi connectivity index (χ3v) is 3.37. The molecular formula is C16H13FN2O2. The van der Waals surface area contributed by atoms with E-state index >= 15 is 0 Å². The quantitative estimate of drug-likeness (QED) is 0.848. The first-order valence-electron chi connectivity index (χ1n) is 6.54. The van der Waals surface area contributed by atoms with Crippen LogP contribution in [0.5, 0.6) is 0 Å². The zero-order valence-corrected chi connectivity index (χ0v) is 11.5. The lowest BCUT2D eigenvalue weighted by Gasteiger charge is -2.02. The van der Waals surface area contributed by atoms with E-state index in [-0.39, 0.29) is 12.6 Å². The number of halogens is 1. The third-order valence-electron chi connectivity index (χ3n) is 3.37. The number of allylic oxidation sites excluding steroid dienone is 2. The summed E-state index contributed by atoms with van der Waals surface area (Å²) in [6.45, 7) is 2.54. The summed E-state index contributed by atoms with van der Waals surface area (Å²) in [5, 5.41) is 9.89. The Morgan fingerprint density at radius 3 is 2.95 bits per heavy atom. The normalized spacial score (nSPS) is 18.0. The molecule has 1 saturated heterocycles. The number of hydrogen-bond acceptors (Lipinski definition) is 3. The molecule has 0 atom stereocenters. The molecule has 0 spiro atoms. The maximum absolute atomic E-state index is 13.4.